The van der Waals surface area contributed by atoms with Gasteiger partial charge in [0.2, 0.25) is 0 Å². The molecule has 0 unspecified atom stereocenters. The van der Waals surface area contributed by atoms with Crippen LogP contribution in [0.3, 0.4) is 0 Å². The molecule has 2 aliphatic rings. The average Bonchev–Trinajstić information content (AvgIpc) is 2.77. The molecule has 160 valence electrons. The normalized spacial score (nSPS) is 20.9. The second-order valence-electron chi connectivity index (χ2n) is 8.12. The van der Waals surface area contributed by atoms with Crippen molar-refractivity contribution in [2.24, 2.45) is 0 Å². The molecule has 1 N–H and O–H groups in total. The van der Waals surface area contributed by atoms with Crippen LogP contribution in [0.4, 0.5) is 0 Å². The maximum atomic E-state index is 13.5. The molecule has 5 heteroatoms. The van der Waals surface area contributed by atoms with E-state index in [1.54, 1.807) is 6.07 Å². The maximum Gasteiger partial charge on any atom is 0.336 e. The van der Waals surface area contributed by atoms with Gasteiger partial charge in [0.05, 0.1) is 12.2 Å². The number of carbonyl (C=O) groups is 2. The highest BCUT2D eigenvalue weighted by Crippen LogP contribution is 2.46. The van der Waals surface area contributed by atoms with Crippen LogP contribution in [-0.4, -0.2) is 18.4 Å². The number of Topliss-reactive ketones (excluding diaryl/α,β-unsaturated/α-hetero) is 1. The predicted molar refractivity (Wildman–Crippen MR) is 122 cm³/mol. The summed E-state index contributed by atoms with van der Waals surface area (Å²) in [5.41, 5.74) is 4.74. The fourth-order valence-corrected chi connectivity index (χ4v) is 4.76. The first kappa shape index (κ1) is 21.4. The summed E-state index contributed by atoms with van der Waals surface area (Å²) in [6, 6.07) is 17.5. The molecule has 0 radical (unpaired) electrons. The Morgan fingerprint density at radius 2 is 1.84 bits per heavy atom. The van der Waals surface area contributed by atoms with Crippen molar-refractivity contribution < 1.29 is 14.3 Å². The van der Waals surface area contributed by atoms with Crippen LogP contribution in [0.5, 0.6) is 0 Å². The number of rotatable bonds is 5. The minimum absolute atomic E-state index is 0.0564. The van der Waals surface area contributed by atoms with Gasteiger partial charge in [-0.05, 0) is 48.9 Å². The molecule has 1 aliphatic heterocycles. The van der Waals surface area contributed by atoms with Crippen molar-refractivity contribution in [1.29, 1.82) is 0 Å². The van der Waals surface area contributed by atoms with Crippen LogP contribution >= 0.6 is 11.6 Å². The van der Waals surface area contributed by atoms with Crippen molar-refractivity contribution >= 4 is 23.4 Å². The first-order valence-corrected chi connectivity index (χ1v) is 11.1. The van der Waals surface area contributed by atoms with Crippen molar-refractivity contribution in [3.05, 3.63) is 93.3 Å². The quantitative estimate of drug-likeness (QED) is 0.616. The lowest BCUT2D eigenvalue weighted by atomic mass is 9.72. The van der Waals surface area contributed by atoms with E-state index in [-0.39, 0.29) is 17.7 Å². The third-order valence-electron chi connectivity index (χ3n) is 5.94. The monoisotopic (exact) mass is 435 g/mol. The van der Waals surface area contributed by atoms with Crippen LogP contribution in [0.1, 0.15) is 56.1 Å². The summed E-state index contributed by atoms with van der Waals surface area (Å²) in [5, 5.41) is 3.95. The van der Waals surface area contributed by atoms with Gasteiger partial charge in [0.25, 0.3) is 0 Å². The van der Waals surface area contributed by atoms with Crippen LogP contribution in [0.2, 0.25) is 5.02 Å². The number of dihydropyridines is 1. The lowest BCUT2D eigenvalue weighted by Crippen LogP contribution is -2.36. The summed E-state index contributed by atoms with van der Waals surface area (Å²) in [6.45, 7) is 4.17. The molecule has 4 rings (SSSR count). The highest BCUT2D eigenvalue weighted by molar-refractivity contribution is 6.30. The van der Waals surface area contributed by atoms with Crippen LogP contribution < -0.4 is 5.32 Å². The standard InChI is InChI=1S/C26H26ClNO3/c1-3-12-31-26(30)23-16(2)28-21-14-19(17-8-5-4-6-9-17)15-22(29)25(21)24(23)18-10-7-11-20(27)13-18/h4-11,13,19,24,28H,3,12,14-15H2,1-2H3/t19-,24-/m0/s1. The molecule has 0 fully saturated rings. The third-order valence-corrected chi connectivity index (χ3v) is 6.17. The van der Waals surface area contributed by atoms with E-state index in [4.69, 9.17) is 16.3 Å². The molecule has 1 heterocycles. The first-order chi connectivity index (χ1) is 15.0. The van der Waals surface area contributed by atoms with Gasteiger partial charge in [0.1, 0.15) is 0 Å². The van der Waals surface area contributed by atoms with Crippen molar-refractivity contribution in [2.75, 3.05) is 6.61 Å². The van der Waals surface area contributed by atoms with Gasteiger partial charge in [0.15, 0.2) is 5.78 Å². The molecule has 2 aromatic carbocycles. The Labute approximate surface area is 187 Å². The number of hydrogen-bond acceptors (Lipinski definition) is 4. The fraction of sp³-hybridized carbons (Fsp3) is 0.308. The fourth-order valence-electron chi connectivity index (χ4n) is 4.56. The number of ketones is 1. The Balaban J connectivity index is 1.79. The summed E-state index contributed by atoms with van der Waals surface area (Å²) in [7, 11) is 0. The van der Waals surface area contributed by atoms with Crippen molar-refractivity contribution in [2.45, 2.75) is 44.9 Å². The third kappa shape index (κ3) is 4.31. The molecular weight excluding hydrogens is 410 g/mol. The number of hydrogen-bond donors (Lipinski definition) is 1. The second-order valence-corrected chi connectivity index (χ2v) is 8.56. The van der Waals surface area contributed by atoms with Crippen LogP contribution in [-0.2, 0) is 14.3 Å². The smallest absolute Gasteiger partial charge is 0.336 e. The number of ether oxygens (including phenoxy) is 1. The van der Waals surface area contributed by atoms with E-state index in [1.165, 1.54) is 0 Å². The van der Waals surface area contributed by atoms with Gasteiger partial charge < -0.3 is 10.1 Å². The Hall–Kier alpha value is -2.85. The van der Waals surface area contributed by atoms with Gasteiger partial charge in [0, 0.05) is 34.3 Å². The predicted octanol–water partition coefficient (Wildman–Crippen LogP) is 5.65. The minimum Gasteiger partial charge on any atom is -0.462 e. The molecule has 4 nitrogen and oxygen atoms in total. The molecule has 0 amide bonds. The Kier molecular flexibility index (Phi) is 6.28. The first-order valence-electron chi connectivity index (χ1n) is 10.7. The summed E-state index contributed by atoms with van der Waals surface area (Å²) < 4.78 is 5.48. The van der Waals surface area contributed by atoms with E-state index in [2.05, 4.69) is 17.4 Å². The Morgan fingerprint density at radius 1 is 1.10 bits per heavy atom. The molecule has 0 spiro atoms. The Morgan fingerprint density at radius 3 is 2.55 bits per heavy atom. The number of nitrogens with one attached hydrogen (secondary N) is 1. The van der Waals surface area contributed by atoms with Crippen molar-refractivity contribution in [1.82, 2.24) is 5.32 Å². The van der Waals surface area contributed by atoms with Gasteiger partial charge in [-0.1, -0.05) is 61.0 Å². The summed E-state index contributed by atoms with van der Waals surface area (Å²) in [4.78, 5) is 26.5. The van der Waals surface area contributed by atoms with Crippen LogP contribution in [0, 0.1) is 0 Å². The van der Waals surface area contributed by atoms with Crippen LogP contribution in [0.25, 0.3) is 0 Å². The van der Waals surface area contributed by atoms with Crippen molar-refractivity contribution in [3.8, 4) is 0 Å². The van der Waals surface area contributed by atoms with Gasteiger partial charge in [-0.25, -0.2) is 4.79 Å². The zero-order valence-corrected chi connectivity index (χ0v) is 18.5. The van der Waals surface area contributed by atoms with E-state index >= 15 is 0 Å². The van der Waals surface area contributed by atoms with E-state index < -0.39 is 5.92 Å². The minimum atomic E-state index is -0.483. The number of halogens is 1. The van der Waals surface area contributed by atoms with Gasteiger partial charge >= 0.3 is 5.97 Å². The van der Waals surface area contributed by atoms with Crippen LogP contribution in [0.15, 0.2) is 77.1 Å². The molecule has 31 heavy (non-hydrogen) atoms. The van der Waals surface area contributed by atoms with E-state index in [0.717, 1.165) is 35.4 Å². The molecule has 0 aromatic heterocycles. The number of esters is 1. The van der Waals surface area contributed by atoms with E-state index in [1.807, 2.05) is 50.2 Å². The molecule has 1 aliphatic carbocycles. The maximum absolute atomic E-state index is 13.5. The molecule has 0 bridgehead atoms. The topological polar surface area (TPSA) is 55.4 Å². The summed E-state index contributed by atoms with van der Waals surface area (Å²) in [6.07, 6.45) is 1.87. The number of carbonyl (C=O) groups excluding carboxylic acids is 2. The van der Waals surface area contributed by atoms with Crippen molar-refractivity contribution in [3.63, 3.8) is 0 Å². The zero-order valence-electron chi connectivity index (χ0n) is 17.8. The highest BCUT2D eigenvalue weighted by Gasteiger charge is 2.41. The summed E-state index contributed by atoms with van der Waals surface area (Å²) in [5.74, 6) is -0.702. The van der Waals surface area contributed by atoms with E-state index in [0.29, 0.717) is 29.2 Å². The molecule has 2 atom stereocenters. The molecule has 0 saturated carbocycles. The molecule has 2 aromatic rings. The SMILES string of the molecule is CCCOC(=O)C1=C(C)NC2=C(C(=O)C[C@@H](c3ccccc3)C2)[C@H]1c1cccc(Cl)c1. The van der Waals surface area contributed by atoms with Gasteiger partial charge in [-0.2, -0.15) is 0 Å². The highest BCUT2D eigenvalue weighted by atomic mass is 35.5. The lowest BCUT2D eigenvalue weighted by molar-refractivity contribution is -0.139. The van der Waals surface area contributed by atoms with E-state index in [9.17, 15) is 9.59 Å². The lowest BCUT2D eigenvalue weighted by Gasteiger charge is -2.36. The molecule has 0 saturated heterocycles. The largest absolute Gasteiger partial charge is 0.462 e. The summed E-state index contributed by atoms with van der Waals surface area (Å²) >= 11 is 6.28. The zero-order chi connectivity index (χ0) is 22.0. The molecular formula is C26H26ClNO3. The number of allylic oxidation sites excluding steroid dienone is 3. The second kappa shape index (κ2) is 9.11. The number of benzene rings is 2. The van der Waals surface area contributed by atoms with Gasteiger partial charge in [-0.15, -0.1) is 0 Å². The average molecular weight is 436 g/mol. The van der Waals surface area contributed by atoms with Gasteiger partial charge in [-0.3, -0.25) is 4.79 Å². The Bertz CT molecular complexity index is 1070.